The quantitative estimate of drug-likeness (QED) is 0.674. The highest BCUT2D eigenvalue weighted by Gasteiger charge is 2.28. The minimum atomic E-state index is -1.08. The number of aromatic hydroxyl groups is 1. The molecule has 2 aromatic heterocycles. The summed E-state index contributed by atoms with van der Waals surface area (Å²) in [7, 11) is 0. The third-order valence-electron chi connectivity index (χ3n) is 4.47. The van der Waals surface area contributed by atoms with Crippen LogP contribution in [0.2, 0.25) is 5.02 Å². The Balaban J connectivity index is 0.00000280. The molecule has 150 valence electrons. The average Bonchev–Trinajstić information content (AvgIpc) is 2.59. The fourth-order valence-corrected chi connectivity index (χ4v) is 3.16. The standard InChI is InChI=1S/C20H21ClN2O4.ClH/c1-20(2,3)18(26)14-11-22-7-8-23(10-12-5-4-6-13(21)9-12)19(27)15(22)17(25)16(14)24;/h4-9,11,18,25-26H,10H2,1-3H3;1H. The van der Waals surface area contributed by atoms with Crippen molar-refractivity contribution in [3.63, 3.8) is 0 Å². The van der Waals surface area contributed by atoms with Crippen LogP contribution >= 0.6 is 24.0 Å². The van der Waals surface area contributed by atoms with Crippen molar-refractivity contribution >= 4 is 29.5 Å². The van der Waals surface area contributed by atoms with E-state index in [0.29, 0.717) is 5.02 Å². The summed E-state index contributed by atoms with van der Waals surface area (Å²) in [5.74, 6) is -0.666. The number of fused-ring (bicyclic) bond motifs is 1. The molecule has 1 atom stereocenters. The average molecular weight is 425 g/mol. The van der Waals surface area contributed by atoms with Crippen molar-refractivity contribution in [1.29, 1.82) is 0 Å². The minimum absolute atomic E-state index is 0. The Bertz CT molecular complexity index is 1130. The number of pyridine rings is 1. The smallest absolute Gasteiger partial charge is 0.279 e. The van der Waals surface area contributed by atoms with Gasteiger partial charge >= 0.3 is 0 Å². The van der Waals surface area contributed by atoms with Gasteiger partial charge in [-0.2, -0.15) is 0 Å². The summed E-state index contributed by atoms with van der Waals surface area (Å²) in [5.41, 5.74) is -1.12. The van der Waals surface area contributed by atoms with E-state index in [1.54, 1.807) is 51.4 Å². The fraction of sp³-hybridized carbons (Fsp3) is 0.300. The highest BCUT2D eigenvalue weighted by atomic mass is 35.5. The van der Waals surface area contributed by atoms with Crippen molar-refractivity contribution in [3.8, 4) is 5.75 Å². The maximum absolute atomic E-state index is 12.8. The van der Waals surface area contributed by atoms with Crippen LogP contribution in [0.15, 0.2) is 52.4 Å². The van der Waals surface area contributed by atoms with Crippen molar-refractivity contribution < 1.29 is 10.2 Å². The van der Waals surface area contributed by atoms with Crippen LogP contribution < -0.4 is 11.0 Å². The molecule has 0 spiro atoms. The van der Waals surface area contributed by atoms with Crippen LogP contribution in [-0.4, -0.2) is 19.2 Å². The Morgan fingerprint density at radius 1 is 1.18 bits per heavy atom. The van der Waals surface area contributed by atoms with Gasteiger partial charge in [0.1, 0.15) is 0 Å². The highest BCUT2D eigenvalue weighted by Crippen LogP contribution is 2.31. The number of nitrogens with zero attached hydrogens (tertiary/aromatic N) is 2. The lowest BCUT2D eigenvalue weighted by molar-refractivity contribution is 0.0612. The number of benzene rings is 1. The monoisotopic (exact) mass is 424 g/mol. The maximum Gasteiger partial charge on any atom is 0.279 e. The molecule has 0 aliphatic carbocycles. The van der Waals surface area contributed by atoms with Gasteiger partial charge in [-0.1, -0.05) is 44.5 Å². The second kappa shape index (κ2) is 7.99. The van der Waals surface area contributed by atoms with Gasteiger partial charge in [0.25, 0.3) is 5.56 Å². The van der Waals surface area contributed by atoms with Crippen LogP contribution in [0.3, 0.4) is 0 Å². The number of aliphatic hydroxyl groups excluding tert-OH is 1. The Kier molecular flexibility index (Phi) is 6.28. The molecule has 0 fully saturated rings. The van der Waals surface area contributed by atoms with Gasteiger partial charge in [-0.3, -0.25) is 9.59 Å². The fourth-order valence-electron chi connectivity index (χ4n) is 2.94. The number of halogens is 2. The Morgan fingerprint density at radius 3 is 2.46 bits per heavy atom. The summed E-state index contributed by atoms with van der Waals surface area (Å²) in [4.78, 5) is 25.4. The highest BCUT2D eigenvalue weighted by molar-refractivity contribution is 6.30. The van der Waals surface area contributed by atoms with E-state index in [9.17, 15) is 19.8 Å². The van der Waals surface area contributed by atoms with E-state index in [1.165, 1.54) is 15.2 Å². The zero-order valence-electron chi connectivity index (χ0n) is 15.7. The summed E-state index contributed by atoms with van der Waals surface area (Å²) in [6.07, 6.45) is 3.45. The van der Waals surface area contributed by atoms with Crippen LogP contribution in [0.5, 0.6) is 5.75 Å². The third kappa shape index (κ3) is 4.09. The van der Waals surface area contributed by atoms with Gasteiger partial charge in [0.05, 0.1) is 12.6 Å². The minimum Gasteiger partial charge on any atom is -0.503 e. The van der Waals surface area contributed by atoms with Crippen LogP contribution in [0.4, 0.5) is 0 Å². The van der Waals surface area contributed by atoms with Crippen LogP contribution in [0, 0.1) is 5.41 Å². The lowest BCUT2D eigenvalue weighted by Gasteiger charge is -2.26. The lowest BCUT2D eigenvalue weighted by atomic mass is 9.85. The van der Waals surface area contributed by atoms with Crippen molar-refractivity contribution in [2.75, 3.05) is 0 Å². The summed E-state index contributed by atoms with van der Waals surface area (Å²) in [6, 6.07) is 7.10. The zero-order chi connectivity index (χ0) is 19.9. The van der Waals surface area contributed by atoms with E-state index in [-0.39, 0.29) is 30.0 Å². The molecule has 8 heteroatoms. The third-order valence-corrected chi connectivity index (χ3v) is 4.70. The lowest BCUT2D eigenvalue weighted by Crippen LogP contribution is -2.28. The van der Waals surface area contributed by atoms with Gasteiger partial charge in [0, 0.05) is 29.2 Å². The molecule has 0 bridgehead atoms. The van der Waals surface area contributed by atoms with Crippen molar-refractivity contribution in [2.24, 2.45) is 5.41 Å². The van der Waals surface area contributed by atoms with Gasteiger partial charge in [-0.15, -0.1) is 12.4 Å². The Labute approximate surface area is 173 Å². The molecule has 28 heavy (non-hydrogen) atoms. The first-order valence-electron chi connectivity index (χ1n) is 8.49. The zero-order valence-corrected chi connectivity index (χ0v) is 17.3. The molecule has 1 aromatic carbocycles. The summed E-state index contributed by atoms with van der Waals surface area (Å²) >= 11 is 5.98. The Hall–Kier alpha value is -2.28. The predicted octanol–water partition coefficient (Wildman–Crippen LogP) is 3.37. The molecule has 6 nitrogen and oxygen atoms in total. The van der Waals surface area contributed by atoms with Gasteiger partial charge in [0.15, 0.2) is 11.3 Å². The predicted molar refractivity (Wildman–Crippen MR) is 112 cm³/mol. The maximum atomic E-state index is 12.8. The first-order valence-corrected chi connectivity index (χ1v) is 8.87. The molecule has 0 aliphatic rings. The first-order chi connectivity index (χ1) is 12.6. The van der Waals surface area contributed by atoms with Gasteiger partial charge in [0.2, 0.25) is 5.43 Å². The molecule has 0 amide bonds. The van der Waals surface area contributed by atoms with E-state index in [2.05, 4.69) is 0 Å². The topological polar surface area (TPSA) is 83.9 Å². The van der Waals surface area contributed by atoms with Crippen LogP contribution in [-0.2, 0) is 6.54 Å². The second-order valence-corrected chi connectivity index (χ2v) is 8.08. The first kappa shape index (κ1) is 22.0. The van der Waals surface area contributed by atoms with Gasteiger partial charge in [-0.25, -0.2) is 0 Å². The van der Waals surface area contributed by atoms with E-state index in [1.807, 2.05) is 6.07 Å². The van der Waals surface area contributed by atoms with Crippen molar-refractivity contribution in [1.82, 2.24) is 8.97 Å². The van der Waals surface area contributed by atoms with E-state index < -0.39 is 28.3 Å². The number of hydrogen-bond acceptors (Lipinski definition) is 4. The summed E-state index contributed by atoms with van der Waals surface area (Å²) in [5, 5.41) is 21.4. The van der Waals surface area contributed by atoms with Crippen LogP contribution in [0.1, 0.15) is 38.0 Å². The molecule has 0 saturated heterocycles. The number of rotatable bonds is 3. The van der Waals surface area contributed by atoms with Gasteiger partial charge < -0.3 is 19.2 Å². The molecule has 2 N–H and O–H groups in total. The van der Waals surface area contributed by atoms with Crippen molar-refractivity contribution in [3.05, 3.63) is 79.6 Å². The van der Waals surface area contributed by atoms with Gasteiger partial charge in [-0.05, 0) is 23.1 Å². The molecule has 0 radical (unpaired) electrons. The molecule has 1 unspecified atom stereocenters. The molecular formula is C20H22Cl2N2O4. The number of aromatic nitrogens is 2. The SMILES string of the molecule is CC(C)(C)C(O)c1cn2ccn(Cc3cccc(Cl)c3)c(=O)c2c(O)c1=O.Cl. The van der Waals surface area contributed by atoms with E-state index in [4.69, 9.17) is 11.6 Å². The molecular weight excluding hydrogens is 403 g/mol. The Morgan fingerprint density at radius 2 is 1.86 bits per heavy atom. The molecule has 3 aromatic rings. The molecule has 0 aliphatic heterocycles. The number of hydrogen-bond donors (Lipinski definition) is 2. The number of aliphatic hydroxyl groups is 1. The largest absolute Gasteiger partial charge is 0.503 e. The molecule has 3 rings (SSSR count). The molecule has 0 saturated carbocycles. The summed E-state index contributed by atoms with van der Waals surface area (Å²) < 4.78 is 2.76. The normalized spacial score (nSPS) is 12.6. The second-order valence-electron chi connectivity index (χ2n) is 7.65. The van der Waals surface area contributed by atoms with Crippen molar-refractivity contribution in [2.45, 2.75) is 33.4 Å². The van der Waals surface area contributed by atoms with Crippen LogP contribution in [0.25, 0.3) is 5.52 Å². The molecule has 2 heterocycles. The van der Waals surface area contributed by atoms with E-state index >= 15 is 0 Å². The van der Waals surface area contributed by atoms with E-state index in [0.717, 1.165) is 5.56 Å². The summed E-state index contributed by atoms with van der Waals surface area (Å²) in [6.45, 7) is 5.60.